The van der Waals surface area contributed by atoms with Gasteiger partial charge in [0.15, 0.2) is 5.76 Å². The van der Waals surface area contributed by atoms with Crippen LogP contribution in [0.4, 0.5) is 0 Å². The lowest BCUT2D eigenvalue weighted by atomic mass is 10.1. The maximum Gasteiger partial charge on any atom is 0.237 e. The Balaban J connectivity index is 1.85. The van der Waals surface area contributed by atoms with Crippen molar-refractivity contribution in [1.82, 2.24) is 20.7 Å². The fourth-order valence-corrected chi connectivity index (χ4v) is 2.95. The van der Waals surface area contributed by atoms with Crippen LogP contribution in [0.25, 0.3) is 0 Å². The Bertz CT molecular complexity index is 568. The van der Waals surface area contributed by atoms with Crippen LogP contribution in [0.15, 0.2) is 10.6 Å². The Kier molecular flexibility index (Phi) is 6.36. The maximum absolute atomic E-state index is 12.2. The van der Waals surface area contributed by atoms with Crippen LogP contribution >= 0.6 is 0 Å². The van der Waals surface area contributed by atoms with Crippen molar-refractivity contribution in [3.05, 3.63) is 17.5 Å². The number of nitrogens with one attached hydrogen (secondary N) is 2. The lowest BCUT2D eigenvalue weighted by molar-refractivity contribution is -0.134. The highest BCUT2D eigenvalue weighted by molar-refractivity contribution is 5.88. The molecule has 1 saturated heterocycles. The molecule has 7 nitrogen and oxygen atoms in total. The fourth-order valence-electron chi connectivity index (χ4n) is 2.95. The second kappa shape index (κ2) is 8.28. The van der Waals surface area contributed by atoms with Crippen LogP contribution in [-0.4, -0.2) is 47.0 Å². The summed E-state index contributed by atoms with van der Waals surface area (Å²) in [6.45, 7) is 9.99. The van der Waals surface area contributed by atoms with E-state index in [1.54, 1.807) is 0 Å². The molecule has 1 aromatic rings. The fraction of sp³-hybridized carbons (Fsp3) is 0.706. The van der Waals surface area contributed by atoms with Gasteiger partial charge in [-0.3, -0.25) is 14.5 Å². The number of aromatic nitrogens is 1. The molecular weight excluding hydrogens is 308 g/mol. The molecule has 1 aliphatic heterocycles. The largest absolute Gasteiger partial charge is 0.359 e. The molecule has 2 rings (SSSR count). The van der Waals surface area contributed by atoms with E-state index in [2.05, 4.69) is 34.5 Å². The van der Waals surface area contributed by atoms with Gasteiger partial charge >= 0.3 is 0 Å². The van der Waals surface area contributed by atoms with Gasteiger partial charge in [0.2, 0.25) is 11.8 Å². The molecule has 0 unspecified atom stereocenters. The van der Waals surface area contributed by atoms with E-state index in [1.807, 2.05) is 19.9 Å². The number of rotatable bonds is 7. The van der Waals surface area contributed by atoms with Crippen LogP contribution in [0.5, 0.6) is 0 Å². The standard InChI is InChI=1S/C17H28N4O3/c1-11(2)7-13-8-14(24-20-13)10-19-16(22)9-15-17(23)18-5-6-21(15)12(3)4/h8,11-12,15H,5-7,9-10H2,1-4H3,(H,18,23)(H,19,22)/t15-/m1/s1. The second-order valence-electron chi connectivity index (χ2n) is 7.00. The van der Waals surface area contributed by atoms with Gasteiger partial charge in [0, 0.05) is 25.2 Å². The van der Waals surface area contributed by atoms with E-state index in [-0.39, 0.29) is 24.3 Å². The van der Waals surface area contributed by atoms with E-state index < -0.39 is 6.04 Å². The molecule has 0 aliphatic carbocycles. The number of amides is 2. The average Bonchev–Trinajstić information content (AvgIpc) is 2.93. The number of nitrogens with zero attached hydrogens (tertiary/aromatic N) is 2. The topological polar surface area (TPSA) is 87.5 Å². The van der Waals surface area contributed by atoms with Gasteiger partial charge in [-0.25, -0.2) is 0 Å². The minimum absolute atomic E-state index is 0.0796. The molecule has 0 radical (unpaired) electrons. The first kappa shape index (κ1) is 18.4. The number of piperazine rings is 1. The molecule has 1 atom stereocenters. The smallest absolute Gasteiger partial charge is 0.237 e. The van der Waals surface area contributed by atoms with Gasteiger partial charge in [-0.2, -0.15) is 0 Å². The molecule has 0 aromatic carbocycles. The highest BCUT2D eigenvalue weighted by atomic mass is 16.5. The molecule has 24 heavy (non-hydrogen) atoms. The number of carbonyl (C=O) groups is 2. The minimum atomic E-state index is -0.412. The van der Waals surface area contributed by atoms with E-state index in [4.69, 9.17) is 4.52 Å². The van der Waals surface area contributed by atoms with Crippen molar-refractivity contribution in [2.45, 2.75) is 59.2 Å². The normalized spacial score (nSPS) is 18.9. The predicted octanol–water partition coefficient (Wildman–Crippen LogP) is 1.09. The zero-order valence-corrected chi connectivity index (χ0v) is 15.0. The monoisotopic (exact) mass is 336 g/mol. The van der Waals surface area contributed by atoms with E-state index in [0.717, 1.165) is 18.7 Å². The van der Waals surface area contributed by atoms with Gasteiger partial charge in [0.25, 0.3) is 0 Å². The lowest BCUT2D eigenvalue weighted by Gasteiger charge is -2.37. The summed E-state index contributed by atoms with van der Waals surface area (Å²) in [6, 6.07) is 1.68. The third-order valence-corrected chi connectivity index (χ3v) is 4.10. The Labute approximate surface area is 143 Å². The number of hydrogen-bond donors (Lipinski definition) is 2. The summed E-state index contributed by atoms with van der Waals surface area (Å²) in [4.78, 5) is 26.3. The highest BCUT2D eigenvalue weighted by Gasteiger charge is 2.32. The Morgan fingerprint density at radius 2 is 2.21 bits per heavy atom. The zero-order chi connectivity index (χ0) is 17.7. The molecular formula is C17H28N4O3. The average molecular weight is 336 g/mol. The molecule has 1 aliphatic rings. The van der Waals surface area contributed by atoms with Gasteiger partial charge in [-0.15, -0.1) is 0 Å². The van der Waals surface area contributed by atoms with Crippen LogP contribution in [0, 0.1) is 5.92 Å². The van der Waals surface area contributed by atoms with Crippen LogP contribution in [0.3, 0.4) is 0 Å². The summed E-state index contributed by atoms with van der Waals surface area (Å²) in [5, 5.41) is 9.64. The van der Waals surface area contributed by atoms with Crippen molar-refractivity contribution in [1.29, 1.82) is 0 Å². The predicted molar refractivity (Wildman–Crippen MR) is 90.1 cm³/mol. The Morgan fingerprint density at radius 3 is 2.88 bits per heavy atom. The summed E-state index contributed by atoms with van der Waals surface area (Å²) in [5.74, 6) is 0.894. The summed E-state index contributed by atoms with van der Waals surface area (Å²) >= 11 is 0. The van der Waals surface area contributed by atoms with Crippen molar-refractivity contribution in [2.24, 2.45) is 5.92 Å². The molecule has 0 saturated carbocycles. The third kappa shape index (κ3) is 5.06. The molecule has 2 N–H and O–H groups in total. The Hall–Kier alpha value is -1.89. The summed E-state index contributed by atoms with van der Waals surface area (Å²) in [6.07, 6.45) is 1.00. The van der Waals surface area contributed by atoms with Crippen molar-refractivity contribution >= 4 is 11.8 Å². The first-order valence-electron chi connectivity index (χ1n) is 8.61. The van der Waals surface area contributed by atoms with Crippen molar-refractivity contribution in [3.63, 3.8) is 0 Å². The van der Waals surface area contributed by atoms with Gasteiger partial charge in [0.05, 0.1) is 24.7 Å². The molecule has 2 amide bonds. The summed E-state index contributed by atoms with van der Waals surface area (Å²) in [5.41, 5.74) is 0.895. The number of hydrogen-bond acceptors (Lipinski definition) is 5. The molecule has 0 spiro atoms. The Morgan fingerprint density at radius 1 is 1.46 bits per heavy atom. The van der Waals surface area contributed by atoms with Crippen LogP contribution in [0.1, 0.15) is 45.6 Å². The molecule has 2 heterocycles. The van der Waals surface area contributed by atoms with E-state index >= 15 is 0 Å². The minimum Gasteiger partial charge on any atom is -0.359 e. The summed E-state index contributed by atoms with van der Waals surface area (Å²) < 4.78 is 5.23. The molecule has 134 valence electrons. The third-order valence-electron chi connectivity index (χ3n) is 4.10. The van der Waals surface area contributed by atoms with E-state index in [9.17, 15) is 9.59 Å². The van der Waals surface area contributed by atoms with Gasteiger partial charge in [-0.05, 0) is 26.2 Å². The maximum atomic E-state index is 12.2. The van der Waals surface area contributed by atoms with Crippen LogP contribution < -0.4 is 10.6 Å². The molecule has 1 aromatic heterocycles. The van der Waals surface area contributed by atoms with Gasteiger partial charge in [-0.1, -0.05) is 19.0 Å². The van der Waals surface area contributed by atoms with E-state index in [1.165, 1.54) is 0 Å². The van der Waals surface area contributed by atoms with Crippen LogP contribution in [-0.2, 0) is 22.6 Å². The first-order chi connectivity index (χ1) is 11.4. The lowest BCUT2D eigenvalue weighted by Crippen LogP contribution is -2.58. The van der Waals surface area contributed by atoms with Crippen molar-refractivity contribution in [2.75, 3.05) is 13.1 Å². The van der Waals surface area contributed by atoms with Gasteiger partial charge in [0.1, 0.15) is 0 Å². The quantitative estimate of drug-likeness (QED) is 0.778. The first-order valence-corrected chi connectivity index (χ1v) is 8.61. The SMILES string of the molecule is CC(C)Cc1cc(CNC(=O)C[C@@H]2C(=O)NCCN2C(C)C)on1. The molecule has 0 bridgehead atoms. The van der Waals surface area contributed by atoms with Crippen molar-refractivity contribution < 1.29 is 14.1 Å². The molecule has 7 heteroatoms. The molecule has 1 fully saturated rings. The number of carbonyl (C=O) groups excluding carboxylic acids is 2. The van der Waals surface area contributed by atoms with Gasteiger partial charge < -0.3 is 15.2 Å². The van der Waals surface area contributed by atoms with Crippen molar-refractivity contribution in [3.8, 4) is 0 Å². The second-order valence-corrected chi connectivity index (χ2v) is 7.00. The van der Waals surface area contributed by atoms with Crippen LogP contribution in [0.2, 0.25) is 0 Å². The van der Waals surface area contributed by atoms with E-state index in [0.29, 0.717) is 24.8 Å². The highest BCUT2D eigenvalue weighted by Crippen LogP contribution is 2.13. The summed E-state index contributed by atoms with van der Waals surface area (Å²) in [7, 11) is 0. The zero-order valence-electron chi connectivity index (χ0n) is 15.0.